The molecule has 0 fully saturated rings. The Morgan fingerprint density at radius 1 is 0.696 bits per heavy atom. The zero-order valence-electron chi connectivity index (χ0n) is 14.2. The third-order valence-electron chi connectivity index (χ3n) is 2.67. The van der Waals surface area contributed by atoms with Crippen LogP contribution in [0.2, 0.25) is 0 Å². The molecule has 0 aromatic rings. The average molecular weight is 312 g/mol. The van der Waals surface area contributed by atoms with E-state index in [2.05, 4.69) is 4.74 Å². The van der Waals surface area contributed by atoms with E-state index in [0.717, 1.165) is 23.0 Å². The summed E-state index contributed by atoms with van der Waals surface area (Å²) in [5.74, 6) is -0.366. The normalized spacial score (nSPS) is 14.5. The second kappa shape index (κ2) is 13.0. The maximum atomic E-state index is 11.0. The number of carbonyl (C=O) groups is 2. The van der Waals surface area contributed by atoms with Gasteiger partial charge < -0.3 is 4.74 Å². The number of aldehydes is 1. The van der Waals surface area contributed by atoms with Gasteiger partial charge >= 0.3 is 5.97 Å². The molecule has 23 heavy (non-hydrogen) atoms. The number of rotatable bonds is 8. The van der Waals surface area contributed by atoms with E-state index in [1.165, 1.54) is 19.3 Å². The minimum Gasteiger partial charge on any atom is -0.466 e. The number of hydrogen-bond acceptors (Lipinski definition) is 3. The molecule has 0 saturated heterocycles. The quantitative estimate of drug-likeness (QED) is 0.288. The first-order chi connectivity index (χ1) is 11.0. The molecule has 0 heterocycles. The van der Waals surface area contributed by atoms with E-state index in [1.54, 1.807) is 12.2 Å². The van der Waals surface area contributed by atoms with Crippen LogP contribution in [-0.2, 0) is 14.3 Å². The van der Waals surface area contributed by atoms with Gasteiger partial charge in [-0.2, -0.15) is 0 Å². The van der Waals surface area contributed by atoms with Crippen molar-refractivity contribution < 1.29 is 14.3 Å². The highest BCUT2D eigenvalue weighted by molar-refractivity contribution is 5.82. The Balaban J connectivity index is 4.54. The monoisotopic (exact) mass is 312 g/mol. The van der Waals surface area contributed by atoms with Gasteiger partial charge in [0.25, 0.3) is 0 Å². The van der Waals surface area contributed by atoms with Gasteiger partial charge in [-0.15, -0.1) is 0 Å². The first-order valence-electron chi connectivity index (χ1n) is 7.24. The van der Waals surface area contributed by atoms with Crippen LogP contribution in [-0.4, -0.2) is 19.4 Å². The fraction of sp³-hybridized carbons (Fsp3) is 0.200. The first-order valence-corrected chi connectivity index (χ1v) is 7.24. The van der Waals surface area contributed by atoms with E-state index in [-0.39, 0.29) is 5.97 Å². The lowest BCUT2D eigenvalue weighted by atomic mass is 10.2. The molecule has 0 amide bonds. The number of carbonyl (C=O) groups excluding carboxylic acids is 2. The molecule has 3 nitrogen and oxygen atoms in total. The minimum absolute atomic E-state index is 0.366. The van der Waals surface area contributed by atoms with Crippen LogP contribution in [0.3, 0.4) is 0 Å². The Morgan fingerprint density at radius 2 is 1.17 bits per heavy atom. The van der Waals surface area contributed by atoms with Crippen LogP contribution in [0.25, 0.3) is 0 Å². The summed E-state index contributed by atoms with van der Waals surface area (Å²) < 4.78 is 4.52. The molecular formula is C20H24O3. The van der Waals surface area contributed by atoms with E-state index in [4.69, 9.17) is 0 Å². The van der Waals surface area contributed by atoms with Crippen molar-refractivity contribution >= 4 is 12.3 Å². The Labute approximate surface area is 138 Å². The van der Waals surface area contributed by atoms with E-state index in [9.17, 15) is 9.59 Å². The summed E-state index contributed by atoms with van der Waals surface area (Å²) in [6.45, 7) is 5.83. The Kier molecular flexibility index (Phi) is 11.5. The lowest BCUT2D eigenvalue weighted by Gasteiger charge is -1.91. The summed E-state index contributed by atoms with van der Waals surface area (Å²) in [5, 5.41) is 0. The molecule has 0 saturated carbocycles. The molecule has 0 aliphatic rings. The fourth-order valence-electron chi connectivity index (χ4n) is 1.39. The maximum Gasteiger partial charge on any atom is 0.330 e. The van der Waals surface area contributed by atoms with Crippen molar-refractivity contribution in [3.05, 3.63) is 83.6 Å². The van der Waals surface area contributed by atoms with Gasteiger partial charge in [-0.25, -0.2) is 4.79 Å². The van der Waals surface area contributed by atoms with Gasteiger partial charge in [-0.05, 0) is 26.8 Å². The van der Waals surface area contributed by atoms with Gasteiger partial charge in [-0.1, -0.05) is 71.4 Å². The molecule has 0 aromatic heterocycles. The van der Waals surface area contributed by atoms with Crippen molar-refractivity contribution in [1.82, 2.24) is 0 Å². The van der Waals surface area contributed by atoms with E-state index in [1.807, 2.05) is 63.3 Å². The van der Waals surface area contributed by atoms with Gasteiger partial charge in [0.2, 0.25) is 0 Å². The van der Waals surface area contributed by atoms with Gasteiger partial charge in [0.1, 0.15) is 6.29 Å². The van der Waals surface area contributed by atoms with Crippen LogP contribution in [0, 0.1) is 0 Å². The zero-order chi connectivity index (χ0) is 17.5. The van der Waals surface area contributed by atoms with Crippen LogP contribution < -0.4 is 0 Å². The standard InChI is InChI=1S/C20H24O3/c1-17(9-5-6-10-18(2)13-8-16-21)11-7-12-19(3)14-15-20(22)23-4/h5-16H,1-4H3. The molecule has 0 aliphatic heterocycles. The number of hydrogen-bond donors (Lipinski definition) is 0. The van der Waals surface area contributed by atoms with Crippen molar-refractivity contribution in [2.24, 2.45) is 0 Å². The van der Waals surface area contributed by atoms with Gasteiger partial charge in [-0.3, -0.25) is 4.79 Å². The van der Waals surface area contributed by atoms with Crippen LogP contribution >= 0.6 is 0 Å². The molecular weight excluding hydrogens is 288 g/mol. The molecule has 0 aromatic carbocycles. The van der Waals surface area contributed by atoms with Crippen molar-refractivity contribution in [3.8, 4) is 0 Å². The van der Waals surface area contributed by atoms with E-state index < -0.39 is 0 Å². The summed E-state index contributed by atoms with van der Waals surface area (Å²) in [5.41, 5.74) is 3.05. The number of ether oxygens (including phenoxy) is 1. The third-order valence-corrected chi connectivity index (χ3v) is 2.67. The van der Waals surface area contributed by atoms with Crippen molar-refractivity contribution in [1.29, 1.82) is 0 Å². The molecule has 0 aliphatic carbocycles. The Hall–Kier alpha value is -2.68. The lowest BCUT2D eigenvalue weighted by molar-refractivity contribution is -0.134. The predicted octanol–water partition coefficient (Wildman–Crippen LogP) is 4.42. The zero-order valence-corrected chi connectivity index (χ0v) is 14.2. The van der Waals surface area contributed by atoms with Crippen molar-refractivity contribution in [2.45, 2.75) is 20.8 Å². The van der Waals surface area contributed by atoms with Gasteiger partial charge in [0, 0.05) is 6.08 Å². The van der Waals surface area contributed by atoms with Gasteiger partial charge in [0.05, 0.1) is 7.11 Å². The number of allylic oxidation sites excluding steroid dienone is 13. The maximum absolute atomic E-state index is 11.0. The minimum atomic E-state index is -0.366. The summed E-state index contributed by atoms with van der Waals surface area (Å²) in [6.07, 6.45) is 20.6. The smallest absolute Gasteiger partial charge is 0.330 e. The third kappa shape index (κ3) is 12.8. The summed E-state index contributed by atoms with van der Waals surface area (Å²) in [7, 11) is 1.35. The Morgan fingerprint density at radius 3 is 1.70 bits per heavy atom. The highest BCUT2D eigenvalue weighted by atomic mass is 16.5. The highest BCUT2D eigenvalue weighted by Crippen LogP contribution is 2.01. The molecule has 0 N–H and O–H groups in total. The summed E-state index contributed by atoms with van der Waals surface area (Å²) >= 11 is 0. The van der Waals surface area contributed by atoms with Crippen molar-refractivity contribution in [2.75, 3.05) is 7.11 Å². The molecule has 3 heteroatoms. The summed E-state index contributed by atoms with van der Waals surface area (Å²) in [4.78, 5) is 21.1. The van der Waals surface area contributed by atoms with E-state index >= 15 is 0 Å². The highest BCUT2D eigenvalue weighted by Gasteiger charge is 1.89. The van der Waals surface area contributed by atoms with Crippen LogP contribution in [0.5, 0.6) is 0 Å². The number of methoxy groups -OCH3 is 1. The topological polar surface area (TPSA) is 43.4 Å². The molecule has 0 atom stereocenters. The Bertz CT molecular complexity index is 594. The number of esters is 1. The lowest BCUT2D eigenvalue weighted by Crippen LogP contribution is -1.93. The van der Waals surface area contributed by atoms with Crippen LogP contribution in [0.4, 0.5) is 0 Å². The second-order valence-corrected chi connectivity index (χ2v) is 4.83. The first kappa shape index (κ1) is 20.3. The molecule has 0 radical (unpaired) electrons. The molecule has 0 bridgehead atoms. The molecule has 0 spiro atoms. The van der Waals surface area contributed by atoms with Crippen LogP contribution in [0.15, 0.2) is 83.6 Å². The van der Waals surface area contributed by atoms with Crippen LogP contribution in [0.1, 0.15) is 20.8 Å². The van der Waals surface area contributed by atoms with E-state index in [0.29, 0.717) is 0 Å². The van der Waals surface area contributed by atoms with Gasteiger partial charge in [0.15, 0.2) is 0 Å². The molecule has 122 valence electrons. The second-order valence-electron chi connectivity index (χ2n) is 4.83. The largest absolute Gasteiger partial charge is 0.466 e. The average Bonchev–Trinajstić information content (AvgIpc) is 2.54. The SMILES string of the molecule is COC(=O)C=CC(C)=CC=CC(C)=CC=CC=C(C)C=CC=O. The fourth-order valence-corrected chi connectivity index (χ4v) is 1.39. The summed E-state index contributed by atoms with van der Waals surface area (Å²) in [6, 6.07) is 0. The predicted molar refractivity (Wildman–Crippen MR) is 95.9 cm³/mol. The molecule has 0 unspecified atom stereocenters. The van der Waals surface area contributed by atoms with Crippen molar-refractivity contribution in [3.63, 3.8) is 0 Å². The molecule has 0 rings (SSSR count).